The second-order valence-corrected chi connectivity index (χ2v) is 3.94. The molecule has 0 aromatic carbocycles. The third kappa shape index (κ3) is 1.59. The van der Waals surface area contributed by atoms with Crippen molar-refractivity contribution in [2.45, 2.75) is 6.42 Å². The Labute approximate surface area is 90.0 Å². The van der Waals surface area contributed by atoms with Crippen LogP contribution in [0.3, 0.4) is 0 Å². The zero-order valence-corrected chi connectivity index (χ0v) is 9.24. The van der Waals surface area contributed by atoms with E-state index in [0.29, 0.717) is 24.6 Å². The van der Waals surface area contributed by atoms with Crippen LogP contribution in [-0.4, -0.2) is 24.5 Å². The quantitative estimate of drug-likeness (QED) is 0.708. The molecule has 4 nitrogen and oxygen atoms in total. The lowest BCUT2D eigenvalue weighted by Gasteiger charge is -2.15. The Morgan fingerprint density at radius 1 is 1.64 bits per heavy atom. The molecule has 0 spiro atoms. The van der Waals surface area contributed by atoms with Crippen molar-refractivity contribution in [2.75, 3.05) is 18.6 Å². The summed E-state index contributed by atoms with van der Waals surface area (Å²) in [7, 11) is 1.73. The summed E-state index contributed by atoms with van der Waals surface area (Å²) in [6.45, 7) is 0.394. The Hall–Kier alpha value is -1.10. The standard InChI is InChI=1S/C9H9BrN2O2/c1-12-7-4-6(10)5-11-9(7)14-3-2-8(12)13/h4-5H,2-3H2,1H3. The Kier molecular flexibility index (Phi) is 2.41. The molecular weight excluding hydrogens is 248 g/mol. The predicted octanol–water partition coefficient (Wildman–Crippen LogP) is 1.59. The minimum Gasteiger partial charge on any atom is -0.476 e. The Bertz CT molecular complexity index is 381. The van der Waals surface area contributed by atoms with Crippen LogP contribution in [0.25, 0.3) is 0 Å². The van der Waals surface area contributed by atoms with Crippen molar-refractivity contribution in [3.8, 4) is 5.88 Å². The van der Waals surface area contributed by atoms with Gasteiger partial charge in [-0.3, -0.25) is 4.79 Å². The number of amides is 1. The minimum atomic E-state index is 0.0450. The number of nitrogens with zero attached hydrogens (tertiary/aromatic N) is 2. The number of hydrogen-bond donors (Lipinski definition) is 0. The van der Waals surface area contributed by atoms with E-state index < -0.39 is 0 Å². The molecule has 14 heavy (non-hydrogen) atoms. The van der Waals surface area contributed by atoms with Crippen LogP contribution in [0.5, 0.6) is 5.88 Å². The van der Waals surface area contributed by atoms with Crippen LogP contribution in [0.4, 0.5) is 5.69 Å². The molecule has 0 aliphatic carbocycles. The maximum atomic E-state index is 11.5. The summed E-state index contributed by atoms with van der Waals surface area (Å²) in [6, 6.07) is 1.82. The van der Waals surface area contributed by atoms with Gasteiger partial charge in [0.1, 0.15) is 5.69 Å². The van der Waals surface area contributed by atoms with E-state index in [1.807, 2.05) is 6.07 Å². The van der Waals surface area contributed by atoms with E-state index in [1.165, 1.54) is 0 Å². The normalized spacial score (nSPS) is 15.9. The van der Waals surface area contributed by atoms with E-state index in [2.05, 4.69) is 20.9 Å². The first-order chi connectivity index (χ1) is 6.68. The topological polar surface area (TPSA) is 42.4 Å². The lowest BCUT2D eigenvalue weighted by Crippen LogP contribution is -2.25. The average molecular weight is 257 g/mol. The minimum absolute atomic E-state index is 0.0450. The summed E-state index contributed by atoms with van der Waals surface area (Å²) in [5, 5.41) is 0. The van der Waals surface area contributed by atoms with E-state index in [0.717, 1.165) is 4.47 Å². The van der Waals surface area contributed by atoms with Gasteiger partial charge < -0.3 is 9.64 Å². The monoisotopic (exact) mass is 256 g/mol. The van der Waals surface area contributed by atoms with E-state index in [1.54, 1.807) is 18.1 Å². The number of rotatable bonds is 0. The zero-order chi connectivity index (χ0) is 10.1. The van der Waals surface area contributed by atoms with Gasteiger partial charge in [0, 0.05) is 17.7 Å². The molecule has 5 heteroatoms. The van der Waals surface area contributed by atoms with E-state index >= 15 is 0 Å². The van der Waals surface area contributed by atoms with Crippen LogP contribution in [0.2, 0.25) is 0 Å². The van der Waals surface area contributed by atoms with Crippen molar-refractivity contribution in [1.29, 1.82) is 0 Å². The second kappa shape index (κ2) is 3.57. The lowest BCUT2D eigenvalue weighted by atomic mass is 10.3. The molecule has 0 radical (unpaired) electrons. The van der Waals surface area contributed by atoms with Crippen molar-refractivity contribution in [1.82, 2.24) is 4.98 Å². The molecule has 2 heterocycles. The number of fused-ring (bicyclic) bond motifs is 1. The van der Waals surface area contributed by atoms with Gasteiger partial charge in [-0.15, -0.1) is 0 Å². The van der Waals surface area contributed by atoms with Crippen molar-refractivity contribution in [3.05, 3.63) is 16.7 Å². The van der Waals surface area contributed by atoms with Gasteiger partial charge >= 0.3 is 0 Å². The van der Waals surface area contributed by atoms with Crippen molar-refractivity contribution >= 4 is 27.5 Å². The maximum Gasteiger partial charge on any atom is 0.238 e. The zero-order valence-electron chi connectivity index (χ0n) is 7.66. The second-order valence-electron chi connectivity index (χ2n) is 3.03. The summed E-state index contributed by atoms with van der Waals surface area (Å²) in [4.78, 5) is 17.2. The summed E-state index contributed by atoms with van der Waals surface area (Å²) >= 11 is 3.31. The summed E-state index contributed by atoms with van der Waals surface area (Å²) in [6.07, 6.45) is 2.05. The van der Waals surface area contributed by atoms with Gasteiger partial charge in [-0.25, -0.2) is 4.98 Å². The van der Waals surface area contributed by atoms with Crippen LogP contribution in [0, 0.1) is 0 Å². The molecule has 0 saturated heterocycles. The Balaban J connectivity index is 2.49. The lowest BCUT2D eigenvalue weighted by molar-refractivity contribution is -0.118. The number of aromatic nitrogens is 1. The number of hydrogen-bond acceptors (Lipinski definition) is 3. The van der Waals surface area contributed by atoms with E-state index in [-0.39, 0.29) is 5.91 Å². The van der Waals surface area contributed by atoms with Gasteiger partial charge in [-0.05, 0) is 22.0 Å². The SMILES string of the molecule is CN1C(=O)CCOc2ncc(Br)cc21. The predicted molar refractivity (Wildman–Crippen MR) is 55.5 cm³/mol. The highest BCUT2D eigenvalue weighted by Gasteiger charge is 2.20. The third-order valence-electron chi connectivity index (χ3n) is 2.09. The number of pyridine rings is 1. The molecule has 2 rings (SSSR count). The van der Waals surface area contributed by atoms with Gasteiger partial charge in [-0.1, -0.05) is 0 Å². The molecule has 1 aliphatic heterocycles. The van der Waals surface area contributed by atoms with Crippen molar-refractivity contribution < 1.29 is 9.53 Å². The van der Waals surface area contributed by atoms with E-state index in [4.69, 9.17) is 4.74 Å². The number of anilines is 1. The molecule has 0 bridgehead atoms. The fourth-order valence-electron chi connectivity index (χ4n) is 1.30. The first kappa shape index (κ1) is 9.45. The highest BCUT2D eigenvalue weighted by Crippen LogP contribution is 2.30. The van der Waals surface area contributed by atoms with Gasteiger partial charge in [0.25, 0.3) is 0 Å². The van der Waals surface area contributed by atoms with Crippen LogP contribution < -0.4 is 9.64 Å². The van der Waals surface area contributed by atoms with Gasteiger partial charge in [0.15, 0.2) is 0 Å². The molecule has 0 unspecified atom stereocenters. The van der Waals surface area contributed by atoms with Gasteiger partial charge in [-0.2, -0.15) is 0 Å². The highest BCUT2D eigenvalue weighted by atomic mass is 79.9. The Morgan fingerprint density at radius 2 is 2.43 bits per heavy atom. The molecule has 1 aromatic heterocycles. The molecule has 1 amide bonds. The molecular formula is C9H9BrN2O2. The number of ether oxygens (including phenoxy) is 1. The molecule has 0 N–H and O–H groups in total. The highest BCUT2D eigenvalue weighted by molar-refractivity contribution is 9.10. The van der Waals surface area contributed by atoms with E-state index in [9.17, 15) is 4.79 Å². The number of carbonyl (C=O) groups excluding carboxylic acids is 1. The molecule has 74 valence electrons. The third-order valence-corrected chi connectivity index (χ3v) is 2.52. The van der Waals surface area contributed by atoms with Gasteiger partial charge in [0.2, 0.25) is 11.8 Å². The fourth-order valence-corrected chi connectivity index (χ4v) is 1.62. The molecule has 0 fully saturated rings. The fraction of sp³-hybridized carbons (Fsp3) is 0.333. The largest absolute Gasteiger partial charge is 0.476 e. The maximum absolute atomic E-state index is 11.5. The van der Waals surface area contributed by atoms with Crippen molar-refractivity contribution in [2.24, 2.45) is 0 Å². The summed E-state index contributed by atoms with van der Waals surface area (Å²) in [5.74, 6) is 0.560. The Morgan fingerprint density at radius 3 is 3.21 bits per heavy atom. The first-order valence-corrected chi connectivity index (χ1v) is 5.02. The van der Waals surface area contributed by atoms with Gasteiger partial charge in [0.05, 0.1) is 13.0 Å². The number of halogens is 1. The van der Waals surface area contributed by atoms with Crippen LogP contribution in [0.15, 0.2) is 16.7 Å². The molecule has 1 aromatic rings. The molecule has 0 atom stereocenters. The van der Waals surface area contributed by atoms with Crippen LogP contribution in [0.1, 0.15) is 6.42 Å². The summed E-state index contributed by atoms with van der Waals surface area (Å²) < 4.78 is 6.18. The summed E-state index contributed by atoms with van der Waals surface area (Å²) in [5.41, 5.74) is 0.710. The molecule has 1 aliphatic rings. The first-order valence-electron chi connectivity index (χ1n) is 4.23. The van der Waals surface area contributed by atoms with Crippen LogP contribution in [-0.2, 0) is 4.79 Å². The van der Waals surface area contributed by atoms with Crippen molar-refractivity contribution in [3.63, 3.8) is 0 Å². The molecule has 0 saturated carbocycles. The number of carbonyl (C=O) groups is 1. The van der Waals surface area contributed by atoms with Crippen LogP contribution >= 0.6 is 15.9 Å². The average Bonchev–Trinajstić information content (AvgIpc) is 2.30. The smallest absolute Gasteiger partial charge is 0.238 e.